The van der Waals surface area contributed by atoms with Crippen LogP contribution in [0.15, 0.2) is 66.1 Å². The number of rotatable bonds is 9. The third kappa shape index (κ3) is 5.63. The highest BCUT2D eigenvalue weighted by Crippen LogP contribution is 2.29. The largest absolute Gasteiger partial charge is 0.353 e. The van der Waals surface area contributed by atoms with Crippen LogP contribution >= 0.6 is 0 Å². The van der Waals surface area contributed by atoms with Gasteiger partial charge in [0, 0.05) is 25.7 Å². The van der Waals surface area contributed by atoms with Crippen molar-refractivity contribution in [1.82, 2.24) is 14.9 Å². The number of fused-ring (bicyclic) bond motifs is 1. The summed E-state index contributed by atoms with van der Waals surface area (Å²) in [4.78, 5) is 24.0. The van der Waals surface area contributed by atoms with E-state index in [2.05, 4.69) is 23.3 Å². The summed E-state index contributed by atoms with van der Waals surface area (Å²) in [5.74, 6) is -0.511. The quantitative estimate of drug-likeness (QED) is 0.449. The van der Waals surface area contributed by atoms with Crippen LogP contribution in [-0.2, 0) is 21.2 Å². The number of hydrogen-bond acceptors (Lipinski definition) is 4. The molecular weight excluding hydrogens is 426 g/mol. The Kier molecular flexibility index (Phi) is 7.82. The maximum Gasteiger partial charge on any atom is 0.251 e. The highest BCUT2D eigenvalue weighted by molar-refractivity contribution is 7.89. The number of nitrogens with one attached hydrogen (secondary N) is 2. The number of nitrogens with zero attached hydrogens (tertiary/aromatic N) is 1. The summed E-state index contributed by atoms with van der Waals surface area (Å²) in [7, 11) is -2.19. The van der Waals surface area contributed by atoms with Crippen molar-refractivity contribution >= 4 is 21.8 Å². The van der Waals surface area contributed by atoms with E-state index in [1.54, 1.807) is 0 Å². The van der Waals surface area contributed by atoms with Crippen LogP contribution in [0.1, 0.15) is 46.8 Å². The summed E-state index contributed by atoms with van der Waals surface area (Å²) >= 11 is 0. The number of carbonyl (C=O) groups excluding carboxylic acids is 2. The Morgan fingerprint density at radius 3 is 2.59 bits per heavy atom. The number of carbonyl (C=O) groups is 2. The number of benzene rings is 2. The van der Waals surface area contributed by atoms with Gasteiger partial charge >= 0.3 is 0 Å². The van der Waals surface area contributed by atoms with Crippen LogP contribution < -0.4 is 10.6 Å². The van der Waals surface area contributed by atoms with E-state index in [0.29, 0.717) is 18.5 Å². The molecule has 1 unspecified atom stereocenters. The molecule has 0 radical (unpaired) electrons. The molecule has 0 aromatic heterocycles. The molecule has 8 heteroatoms. The first-order valence-electron chi connectivity index (χ1n) is 10.7. The molecule has 2 amide bonds. The van der Waals surface area contributed by atoms with Crippen molar-refractivity contribution in [2.45, 2.75) is 36.6 Å². The Morgan fingerprint density at radius 1 is 1.16 bits per heavy atom. The van der Waals surface area contributed by atoms with Gasteiger partial charge in [-0.05, 0) is 67.2 Å². The summed E-state index contributed by atoms with van der Waals surface area (Å²) in [5, 5.41) is 5.70. The van der Waals surface area contributed by atoms with Gasteiger partial charge in [-0.15, -0.1) is 0 Å². The fraction of sp³-hybridized carbons (Fsp3) is 0.333. The predicted molar refractivity (Wildman–Crippen MR) is 124 cm³/mol. The van der Waals surface area contributed by atoms with Crippen LogP contribution in [0.2, 0.25) is 0 Å². The Balaban J connectivity index is 1.61. The van der Waals surface area contributed by atoms with Gasteiger partial charge in [0.15, 0.2) is 0 Å². The molecule has 0 aliphatic heterocycles. The van der Waals surface area contributed by atoms with E-state index in [1.807, 2.05) is 18.2 Å². The lowest BCUT2D eigenvalue weighted by Crippen LogP contribution is -2.32. The Bertz CT molecular complexity index is 1080. The van der Waals surface area contributed by atoms with Gasteiger partial charge < -0.3 is 10.6 Å². The normalized spacial score (nSPS) is 15.6. The third-order valence-electron chi connectivity index (χ3n) is 5.63. The lowest BCUT2D eigenvalue weighted by Gasteiger charge is -2.26. The van der Waals surface area contributed by atoms with Crippen LogP contribution in [0.25, 0.3) is 0 Å². The molecule has 2 N–H and O–H groups in total. The molecule has 1 aliphatic rings. The van der Waals surface area contributed by atoms with E-state index >= 15 is 0 Å². The summed E-state index contributed by atoms with van der Waals surface area (Å²) in [6, 6.07) is 14.1. The van der Waals surface area contributed by atoms with Crippen LogP contribution in [-0.4, -0.2) is 44.7 Å². The van der Waals surface area contributed by atoms with Crippen molar-refractivity contribution < 1.29 is 18.0 Å². The zero-order valence-electron chi connectivity index (χ0n) is 18.2. The molecule has 0 spiro atoms. The predicted octanol–water partition coefficient (Wildman–Crippen LogP) is 2.81. The minimum Gasteiger partial charge on any atom is -0.353 e. The van der Waals surface area contributed by atoms with Crippen molar-refractivity contribution in [3.8, 4) is 0 Å². The smallest absolute Gasteiger partial charge is 0.251 e. The first kappa shape index (κ1) is 23.7. The Labute approximate surface area is 189 Å². The molecule has 0 saturated heterocycles. The van der Waals surface area contributed by atoms with Gasteiger partial charge in [0.1, 0.15) is 0 Å². The highest BCUT2D eigenvalue weighted by atomic mass is 32.2. The maximum absolute atomic E-state index is 12.8. The van der Waals surface area contributed by atoms with Gasteiger partial charge in [0.25, 0.3) is 5.91 Å². The summed E-state index contributed by atoms with van der Waals surface area (Å²) < 4.78 is 26.8. The standard InChI is InChI=1S/C24H29N3O4S/c1-3-23(28)25-16-7-17-27(2)32(30,31)20-14-12-19(13-15-20)24(29)26-22-11-6-9-18-8-4-5-10-21(18)22/h3-5,8,10,12-15,22H,1,6-7,9,11,16-17H2,2H3,(H,25,28)(H,26,29). The van der Waals surface area contributed by atoms with E-state index in [-0.39, 0.29) is 29.3 Å². The van der Waals surface area contributed by atoms with Gasteiger partial charge in [0.2, 0.25) is 15.9 Å². The molecule has 0 fully saturated rings. The molecule has 0 saturated carbocycles. The van der Waals surface area contributed by atoms with Gasteiger partial charge in [-0.1, -0.05) is 30.8 Å². The highest BCUT2D eigenvalue weighted by Gasteiger charge is 2.23. The van der Waals surface area contributed by atoms with E-state index in [0.717, 1.165) is 24.8 Å². The van der Waals surface area contributed by atoms with Gasteiger partial charge in [-0.3, -0.25) is 9.59 Å². The third-order valence-corrected chi connectivity index (χ3v) is 7.50. The second kappa shape index (κ2) is 10.6. The Hall–Kier alpha value is -2.97. The van der Waals surface area contributed by atoms with Crippen molar-refractivity contribution in [2.75, 3.05) is 20.1 Å². The van der Waals surface area contributed by atoms with E-state index in [4.69, 9.17) is 0 Å². The molecule has 1 atom stereocenters. The Morgan fingerprint density at radius 2 is 1.88 bits per heavy atom. The van der Waals surface area contributed by atoms with Gasteiger partial charge in [-0.25, -0.2) is 12.7 Å². The zero-order valence-corrected chi connectivity index (χ0v) is 19.0. The van der Waals surface area contributed by atoms with E-state index in [9.17, 15) is 18.0 Å². The molecule has 0 heterocycles. The van der Waals surface area contributed by atoms with Gasteiger partial charge in [-0.2, -0.15) is 0 Å². The summed E-state index contributed by atoms with van der Waals surface area (Å²) in [6.45, 7) is 3.98. The molecule has 0 bridgehead atoms. The maximum atomic E-state index is 12.8. The van der Waals surface area contributed by atoms with Crippen LogP contribution in [0.4, 0.5) is 0 Å². The number of sulfonamides is 1. The van der Waals surface area contributed by atoms with Crippen molar-refractivity contribution in [3.05, 3.63) is 77.9 Å². The van der Waals surface area contributed by atoms with Crippen molar-refractivity contribution in [2.24, 2.45) is 0 Å². The number of aryl methyl sites for hydroxylation is 1. The summed E-state index contributed by atoms with van der Waals surface area (Å²) in [5.41, 5.74) is 2.83. The summed E-state index contributed by atoms with van der Waals surface area (Å²) in [6.07, 6.45) is 4.56. The average Bonchev–Trinajstić information content (AvgIpc) is 2.81. The molecule has 170 valence electrons. The number of hydrogen-bond donors (Lipinski definition) is 2. The molecule has 2 aromatic carbocycles. The first-order chi connectivity index (χ1) is 15.3. The van der Waals surface area contributed by atoms with E-state index in [1.165, 1.54) is 47.3 Å². The molecule has 32 heavy (non-hydrogen) atoms. The van der Waals surface area contributed by atoms with Gasteiger partial charge in [0.05, 0.1) is 10.9 Å². The minimum absolute atomic E-state index is 0.0384. The second-order valence-electron chi connectivity index (χ2n) is 7.82. The monoisotopic (exact) mass is 455 g/mol. The second-order valence-corrected chi connectivity index (χ2v) is 9.86. The lowest BCUT2D eigenvalue weighted by atomic mass is 9.87. The SMILES string of the molecule is C=CC(=O)NCCCN(C)S(=O)(=O)c1ccc(C(=O)NC2CCCc3ccccc32)cc1. The molecule has 2 aromatic rings. The lowest BCUT2D eigenvalue weighted by molar-refractivity contribution is -0.116. The minimum atomic E-state index is -3.69. The molecule has 3 rings (SSSR count). The molecule has 1 aliphatic carbocycles. The number of amides is 2. The van der Waals surface area contributed by atoms with Crippen LogP contribution in [0.3, 0.4) is 0 Å². The molecular formula is C24H29N3O4S. The van der Waals surface area contributed by atoms with E-state index < -0.39 is 10.0 Å². The van der Waals surface area contributed by atoms with Crippen molar-refractivity contribution in [3.63, 3.8) is 0 Å². The fourth-order valence-corrected chi connectivity index (χ4v) is 5.02. The van der Waals surface area contributed by atoms with Crippen molar-refractivity contribution in [1.29, 1.82) is 0 Å². The average molecular weight is 456 g/mol. The van der Waals surface area contributed by atoms with Crippen LogP contribution in [0.5, 0.6) is 0 Å². The molecule has 7 nitrogen and oxygen atoms in total. The van der Waals surface area contributed by atoms with Crippen LogP contribution in [0, 0.1) is 0 Å². The topological polar surface area (TPSA) is 95.6 Å². The fourth-order valence-electron chi connectivity index (χ4n) is 3.81. The zero-order chi connectivity index (χ0) is 23.1. The first-order valence-corrected chi connectivity index (χ1v) is 12.1.